The highest BCUT2D eigenvalue weighted by Crippen LogP contribution is 2.33. The highest BCUT2D eigenvalue weighted by Gasteiger charge is 2.36. The highest BCUT2D eigenvalue weighted by molar-refractivity contribution is 6.52. The van der Waals surface area contributed by atoms with Gasteiger partial charge in [0.15, 0.2) is 0 Å². The average Bonchev–Trinajstić information content (AvgIpc) is 2.68. The Hall–Kier alpha value is -2.21. The summed E-state index contributed by atoms with van der Waals surface area (Å²) in [6.45, 7) is 1.47. The fourth-order valence-electron chi connectivity index (χ4n) is 1.94. The zero-order chi connectivity index (χ0) is 15.7. The Kier molecular flexibility index (Phi) is 4.09. The van der Waals surface area contributed by atoms with Crippen molar-refractivity contribution >= 4 is 34.9 Å². The maximum absolute atomic E-state index is 13.5. The molecule has 0 aromatic heterocycles. The number of hydrogen-bond acceptors (Lipinski definition) is 4. The third-order valence-corrected chi connectivity index (χ3v) is 3.39. The molecule has 1 aromatic carbocycles. The van der Waals surface area contributed by atoms with Crippen molar-refractivity contribution < 1.29 is 23.5 Å². The van der Waals surface area contributed by atoms with Gasteiger partial charge in [0.2, 0.25) is 0 Å². The molecule has 0 aliphatic carbocycles. The van der Waals surface area contributed by atoms with Crippen LogP contribution in [0.4, 0.5) is 10.1 Å². The number of carbonyl (C=O) groups is 3. The van der Waals surface area contributed by atoms with Gasteiger partial charge in [-0.25, -0.2) is 9.18 Å². The predicted octanol–water partition coefficient (Wildman–Crippen LogP) is 2.13. The Labute approximate surface area is 124 Å². The summed E-state index contributed by atoms with van der Waals surface area (Å²) in [5.41, 5.74) is 0.469. The second-order valence-corrected chi connectivity index (χ2v) is 4.81. The molecular formula is C14H11ClFNO4. The zero-order valence-electron chi connectivity index (χ0n) is 11.3. The van der Waals surface area contributed by atoms with Crippen molar-refractivity contribution in [2.45, 2.75) is 6.92 Å². The number of anilines is 1. The van der Waals surface area contributed by atoms with Crippen LogP contribution in [-0.4, -0.2) is 31.3 Å². The van der Waals surface area contributed by atoms with E-state index in [1.165, 1.54) is 20.1 Å². The van der Waals surface area contributed by atoms with Crippen LogP contribution in [-0.2, 0) is 14.3 Å². The van der Waals surface area contributed by atoms with Crippen LogP contribution in [0.3, 0.4) is 0 Å². The normalized spacial score (nSPS) is 14.5. The monoisotopic (exact) mass is 311 g/mol. The number of nitrogens with zero attached hydrogens (tertiary/aromatic N) is 1. The lowest BCUT2D eigenvalue weighted by Crippen LogP contribution is -2.30. The van der Waals surface area contributed by atoms with E-state index in [-0.39, 0.29) is 28.4 Å². The van der Waals surface area contributed by atoms with Crippen LogP contribution >= 0.6 is 11.6 Å². The first-order valence-electron chi connectivity index (χ1n) is 5.97. The van der Waals surface area contributed by atoms with Gasteiger partial charge in [0.25, 0.3) is 11.7 Å². The van der Waals surface area contributed by atoms with Gasteiger partial charge < -0.3 is 9.64 Å². The first kappa shape index (κ1) is 15.2. The topological polar surface area (TPSA) is 63.7 Å². The molecule has 0 bridgehead atoms. The number of carbonyl (C=O) groups excluding carboxylic acids is 3. The van der Waals surface area contributed by atoms with E-state index in [1.807, 2.05) is 0 Å². The van der Waals surface area contributed by atoms with Gasteiger partial charge in [0.05, 0.1) is 23.4 Å². The SMILES string of the molecule is COC(=O)C(C)=CCN1C(=O)C(=O)c2cc(Cl)c(F)cc21. The van der Waals surface area contributed by atoms with Crippen molar-refractivity contribution in [1.29, 1.82) is 0 Å². The third-order valence-electron chi connectivity index (χ3n) is 3.10. The lowest BCUT2D eigenvalue weighted by molar-refractivity contribution is -0.136. The summed E-state index contributed by atoms with van der Waals surface area (Å²) < 4.78 is 18.0. The number of halogens is 2. The second kappa shape index (κ2) is 5.65. The zero-order valence-corrected chi connectivity index (χ0v) is 12.0. The van der Waals surface area contributed by atoms with Gasteiger partial charge in [-0.3, -0.25) is 9.59 Å². The molecule has 0 spiro atoms. The number of benzene rings is 1. The summed E-state index contributed by atoms with van der Waals surface area (Å²) in [5.74, 6) is -2.82. The number of esters is 1. The van der Waals surface area contributed by atoms with Gasteiger partial charge in [0.1, 0.15) is 5.82 Å². The maximum Gasteiger partial charge on any atom is 0.333 e. The van der Waals surface area contributed by atoms with Crippen molar-refractivity contribution in [3.63, 3.8) is 0 Å². The molecule has 1 aliphatic heterocycles. The molecule has 0 fully saturated rings. The molecule has 0 radical (unpaired) electrons. The number of ether oxygens (including phenoxy) is 1. The quantitative estimate of drug-likeness (QED) is 0.487. The van der Waals surface area contributed by atoms with Crippen molar-refractivity contribution in [3.05, 3.63) is 40.2 Å². The molecule has 0 N–H and O–H groups in total. The fourth-order valence-corrected chi connectivity index (χ4v) is 2.11. The van der Waals surface area contributed by atoms with Gasteiger partial charge in [0, 0.05) is 12.1 Å². The number of Topliss-reactive ketones (excluding diaryl/α,β-unsaturated/α-hetero) is 1. The van der Waals surface area contributed by atoms with Crippen LogP contribution in [0.5, 0.6) is 0 Å². The fraction of sp³-hybridized carbons (Fsp3) is 0.214. The Morgan fingerprint density at radius 3 is 2.71 bits per heavy atom. The molecule has 0 atom stereocenters. The van der Waals surface area contributed by atoms with E-state index in [9.17, 15) is 18.8 Å². The largest absolute Gasteiger partial charge is 0.466 e. The van der Waals surface area contributed by atoms with Crippen LogP contribution in [0.25, 0.3) is 0 Å². The van der Waals surface area contributed by atoms with Gasteiger partial charge in [-0.15, -0.1) is 0 Å². The molecule has 1 heterocycles. The summed E-state index contributed by atoms with van der Waals surface area (Å²) in [7, 11) is 1.23. The van der Waals surface area contributed by atoms with E-state index in [0.29, 0.717) is 0 Å². The van der Waals surface area contributed by atoms with E-state index in [4.69, 9.17) is 11.6 Å². The molecule has 110 valence electrons. The molecule has 0 unspecified atom stereocenters. The molecule has 0 saturated heterocycles. The third kappa shape index (κ3) is 2.67. The molecule has 5 nitrogen and oxygen atoms in total. The molecule has 1 aliphatic rings. The van der Waals surface area contributed by atoms with Crippen molar-refractivity contribution in [2.75, 3.05) is 18.6 Å². The van der Waals surface area contributed by atoms with Gasteiger partial charge in [-0.05, 0) is 19.1 Å². The summed E-state index contributed by atoms with van der Waals surface area (Å²) in [5, 5.41) is -0.224. The molecular weight excluding hydrogens is 301 g/mol. The van der Waals surface area contributed by atoms with Crippen LogP contribution < -0.4 is 4.90 Å². The van der Waals surface area contributed by atoms with Crippen LogP contribution in [0.2, 0.25) is 5.02 Å². The Morgan fingerprint density at radius 1 is 1.43 bits per heavy atom. The molecule has 1 amide bonds. The number of hydrogen-bond donors (Lipinski definition) is 0. The van der Waals surface area contributed by atoms with E-state index in [0.717, 1.165) is 17.0 Å². The van der Waals surface area contributed by atoms with E-state index < -0.39 is 23.5 Å². The Morgan fingerprint density at radius 2 is 2.10 bits per heavy atom. The van der Waals surface area contributed by atoms with E-state index in [1.54, 1.807) is 0 Å². The van der Waals surface area contributed by atoms with Crippen LogP contribution in [0, 0.1) is 5.82 Å². The smallest absolute Gasteiger partial charge is 0.333 e. The summed E-state index contributed by atoms with van der Waals surface area (Å²) >= 11 is 5.61. The number of fused-ring (bicyclic) bond motifs is 1. The summed E-state index contributed by atoms with van der Waals surface area (Å²) in [6.07, 6.45) is 1.43. The molecule has 2 rings (SSSR count). The minimum atomic E-state index is -0.791. The number of rotatable bonds is 3. The highest BCUT2D eigenvalue weighted by atomic mass is 35.5. The second-order valence-electron chi connectivity index (χ2n) is 4.41. The molecule has 0 saturated carbocycles. The van der Waals surface area contributed by atoms with Crippen molar-refractivity contribution in [1.82, 2.24) is 0 Å². The first-order chi connectivity index (χ1) is 9.86. The minimum Gasteiger partial charge on any atom is -0.466 e. The van der Waals surface area contributed by atoms with Crippen molar-refractivity contribution in [2.24, 2.45) is 0 Å². The molecule has 7 heteroatoms. The van der Waals surface area contributed by atoms with Gasteiger partial charge in [-0.2, -0.15) is 0 Å². The predicted molar refractivity (Wildman–Crippen MR) is 73.9 cm³/mol. The first-order valence-corrected chi connectivity index (χ1v) is 6.35. The van der Waals surface area contributed by atoms with E-state index >= 15 is 0 Å². The Bertz CT molecular complexity index is 684. The molecule has 1 aromatic rings. The Balaban J connectivity index is 2.35. The number of ketones is 1. The van der Waals surface area contributed by atoms with Gasteiger partial charge >= 0.3 is 5.97 Å². The number of amides is 1. The standard InChI is InChI=1S/C14H11ClFNO4/c1-7(14(20)21-2)3-4-17-11-6-10(16)9(15)5-8(11)12(18)13(17)19/h3,5-6H,4H2,1-2H3. The molecule has 21 heavy (non-hydrogen) atoms. The van der Waals surface area contributed by atoms with Crippen LogP contribution in [0.1, 0.15) is 17.3 Å². The van der Waals surface area contributed by atoms with E-state index in [2.05, 4.69) is 4.74 Å². The van der Waals surface area contributed by atoms with Crippen molar-refractivity contribution in [3.8, 4) is 0 Å². The number of methoxy groups -OCH3 is 1. The summed E-state index contributed by atoms with van der Waals surface area (Å²) in [6, 6.07) is 2.16. The lowest BCUT2D eigenvalue weighted by atomic mass is 10.1. The maximum atomic E-state index is 13.5. The van der Waals surface area contributed by atoms with Gasteiger partial charge in [-0.1, -0.05) is 17.7 Å². The van der Waals surface area contributed by atoms with Crippen LogP contribution in [0.15, 0.2) is 23.8 Å². The lowest BCUT2D eigenvalue weighted by Gasteiger charge is -2.14. The average molecular weight is 312 g/mol. The summed E-state index contributed by atoms with van der Waals surface area (Å²) in [4.78, 5) is 36.1. The minimum absolute atomic E-state index is 0.0421.